The fourth-order valence-corrected chi connectivity index (χ4v) is 4.48. The van der Waals surface area contributed by atoms with Crippen molar-refractivity contribution in [2.75, 3.05) is 0 Å². The lowest BCUT2D eigenvalue weighted by atomic mass is 10.0. The fourth-order valence-electron chi connectivity index (χ4n) is 4.48. The Bertz CT molecular complexity index is 631. The van der Waals surface area contributed by atoms with Crippen LogP contribution in [0.4, 0.5) is 0 Å². The van der Waals surface area contributed by atoms with Gasteiger partial charge in [-0.3, -0.25) is 0 Å². The third-order valence-corrected chi connectivity index (χ3v) is 6.42. The zero-order chi connectivity index (χ0) is 21.3. The monoisotopic (exact) mass is 408 g/mol. The first kappa shape index (κ1) is 24.6. The van der Waals surface area contributed by atoms with Gasteiger partial charge in [-0.05, 0) is 18.4 Å². The fraction of sp³-hybridized carbons (Fsp3) is 0.621. The van der Waals surface area contributed by atoms with E-state index in [1.165, 1.54) is 101 Å². The first-order valence-electron chi connectivity index (χ1n) is 12.9. The van der Waals surface area contributed by atoms with E-state index in [1.807, 2.05) is 0 Å². The van der Waals surface area contributed by atoms with Crippen molar-refractivity contribution in [2.45, 2.75) is 116 Å². The average molecular weight is 409 g/mol. The van der Waals surface area contributed by atoms with Gasteiger partial charge >= 0.3 is 0 Å². The molecular weight excluding hydrogens is 362 g/mol. The predicted molar refractivity (Wildman–Crippen MR) is 131 cm³/mol. The van der Waals surface area contributed by atoms with Gasteiger partial charge in [0.2, 0.25) is 0 Å². The summed E-state index contributed by atoms with van der Waals surface area (Å²) in [6.45, 7) is 4.57. The van der Waals surface area contributed by atoms with Crippen molar-refractivity contribution in [3.05, 3.63) is 66.0 Å². The first-order valence-corrected chi connectivity index (χ1v) is 12.9. The molecule has 0 spiro atoms. The summed E-state index contributed by atoms with van der Waals surface area (Å²) < 4.78 is 2.36. The number of aromatic nitrogens is 1. The van der Waals surface area contributed by atoms with Crippen LogP contribution in [0.1, 0.15) is 121 Å². The number of benzene rings is 1. The van der Waals surface area contributed by atoms with E-state index in [-0.39, 0.29) is 0 Å². The SMILES string of the molecule is CCCCCCCCCCCCCCCc1cc[n+](C(CC)c2ccccc2)cc1. The van der Waals surface area contributed by atoms with Crippen LogP contribution >= 0.6 is 0 Å². The molecule has 2 rings (SSSR count). The third-order valence-electron chi connectivity index (χ3n) is 6.42. The Kier molecular flexibility index (Phi) is 13.2. The number of aryl methyl sites for hydroxylation is 1. The largest absolute Gasteiger partial charge is 0.198 e. The zero-order valence-electron chi connectivity index (χ0n) is 19.8. The minimum absolute atomic E-state index is 0.441. The molecule has 2 aromatic rings. The molecule has 0 aliphatic heterocycles. The minimum Gasteiger partial charge on any atom is -0.198 e. The number of unbranched alkanes of at least 4 members (excludes halogenated alkanes) is 12. The maximum absolute atomic E-state index is 2.36. The molecule has 1 nitrogen and oxygen atoms in total. The number of hydrogen-bond donors (Lipinski definition) is 0. The maximum Gasteiger partial charge on any atom is 0.183 e. The molecule has 0 amide bonds. The maximum atomic E-state index is 2.36. The lowest BCUT2D eigenvalue weighted by molar-refractivity contribution is -0.714. The smallest absolute Gasteiger partial charge is 0.183 e. The van der Waals surface area contributed by atoms with Gasteiger partial charge in [0.1, 0.15) is 0 Å². The highest BCUT2D eigenvalue weighted by Gasteiger charge is 2.17. The van der Waals surface area contributed by atoms with Gasteiger partial charge in [-0.25, -0.2) is 0 Å². The Morgan fingerprint density at radius 3 is 1.60 bits per heavy atom. The summed E-state index contributed by atoms with van der Waals surface area (Å²) in [4.78, 5) is 0. The summed E-state index contributed by atoms with van der Waals surface area (Å²) in [5.41, 5.74) is 2.88. The summed E-state index contributed by atoms with van der Waals surface area (Å²) >= 11 is 0. The van der Waals surface area contributed by atoms with Crippen molar-refractivity contribution in [2.24, 2.45) is 0 Å². The van der Waals surface area contributed by atoms with Crippen molar-refractivity contribution in [1.29, 1.82) is 0 Å². The lowest BCUT2D eigenvalue weighted by Crippen LogP contribution is -2.39. The van der Waals surface area contributed by atoms with Gasteiger partial charge in [-0.15, -0.1) is 0 Å². The summed E-state index contributed by atoms with van der Waals surface area (Å²) in [5.74, 6) is 0. The molecule has 0 saturated carbocycles. The second-order valence-corrected chi connectivity index (χ2v) is 8.98. The van der Waals surface area contributed by atoms with Crippen LogP contribution in [-0.4, -0.2) is 0 Å². The Labute approximate surface area is 186 Å². The van der Waals surface area contributed by atoms with Gasteiger partial charge in [0, 0.05) is 24.1 Å². The van der Waals surface area contributed by atoms with Crippen LogP contribution < -0.4 is 4.57 Å². The van der Waals surface area contributed by atoms with Crippen molar-refractivity contribution >= 4 is 0 Å². The third kappa shape index (κ3) is 9.92. The second kappa shape index (κ2) is 16.1. The number of pyridine rings is 1. The first-order chi connectivity index (χ1) is 14.8. The highest BCUT2D eigenvalue weighted by atomic mass is 15.0. The Hall–Kier alpha value is -1.63. The van der Waals surface area contributed by atoms with Crippen LogP contribution in [0.25, 0.3) is 0 Å². The van der Waals surface area contributed by atoms with Gasteiger partial charge in [-0.1, -0.05) is 121 Å². The molecule has 1 heteroatoms. The standard InChI is InChI=1S/C29H46N/c1-3-5-6-7-8-9-10-11-12-13-14-15-17-20-27-23-25-30(26-24-27)29(4-2)28-21-18-16-19-22-28/h16,18-19,21-26,29H,3-15,17,20H2,1-2H3/q+1. The van der Waals surface area contributed by atoms with E-state index in [9.17, 15) is 0 Å². The van der Waals surface area contributed by atoms with E-state index in [2.05, 4.69) is 73.3 Å². The molecule has 0 aliphatic rings. The van der Waals surface area contributed by atoms with Crippen LogP contribution in [0, 0.1) is 0 Å². The summed E-state index contributed by atoms with van der Waals surface area (Å²) in [5, 5.41) is 0. The van der Waals surface area contributed by atoms with Crippen molar-refractivity contribution in [3.63, 3.8) is 0 Å². The molecule has 0 saturated heterocycles. The molecular formula is C29H46N+. The topological polar surface area (TPSA) is 3.88 Å². The van der Waals surface area contributed by atoms with Gasteiger partial charge in [-0.2, -0.15) is 4.57 Å². The molecule has 30 heavy (non-hydrogen) atoms. The predicted octanol–water partition coefficient (Wildman–Crippen LogP) is 8.61. The summed E-state index contributed by atoms with van der Waals surface area (Å²) in [6.07, 6.45) is 25.4. The van der Waals surface area contributed by atoms with Crippen molar-refractivity contribution in [3.8, 4) is 0 Å². The summed E-state index contributed by atoms with van der Waals surface area (Å²) in [6, 6.07) is 15.9. The van der Waals surface area contributed by atoms with Crippen LogP contribution in [0.15, 0.2) is 54.9 Å². The Morgan fingerprint density at radius 1 is 0.600 bits per heavy atom. The summed E-state index contributed by atoms with van der Waals surface area (Å²) in [7, 11) is 0. The number of rotatable bonds is 17. The normalized spacial score (nSPS) is 12.2. The lowest BCUT2D eigenvalue weighted by Gasteiger charge is -2.11. The molecule has 1 unspecified atom stereocenters. The van der Waals surface area contributed by atoms with Gasteiger partial charge in [0.15, 0.2) is 18.4 Å². The average Bonchev–Trinajstić information content (AvgIpc) is 2.79. The number of hydrogen-bond acceptors (Lipinski definition) is 0. The molecule has 0 N–H and O–H groups in total. The van der Waals surface area contributed by atoms with E-state index in [0.717, 1.165) is 6.42 Å². The Balaban J connectivity index is 1.53. The molecule has 0 bridgehead atoms. The molecule has 1 aromatic heterocycles. The van der Waals surface area contributed by atoms with E-state index >= 15 is 0 Å². The van der Waals surface area contributed by atoms with Gasteiger partial charge < -0.3 is 0 Å². The highest BCUT2D eigenvalue weighted by Crippen LogP contribution is 2.16. The quantitative estimate of drug-likeness (QED) is 0.182. The van der Waals surface area contributed by atoms with Crippen LogP contribution in [0.5, 0.6) is 0 Å². The zero-order valence-corrected chi connectivity index (χ0v) is 19.8. The molecule has 0 aliphatic carbocycles. The molecule has 0 fully saturated rings. The van der Waals surface area contributed by atoms with Crippen LogP contribution in [0.2, 0.25) is 0 Å². The van der Waals surface area contributed by atoms with Crippen LogP contribution in [-0.2, 0) is 6.42 Å². The van der Waals surface area contributed by atoms with Gasteiger partial charge in [0.25, 0.3) is 0 Å². The molecule has 166 valence electrons. The van der Waals surface area contributed by atoms with Gasteiger partial charge in [0.05, 0.1) is 0 Å². The van der Waals surface area contributed by atoms with Crippen LogP contribution in [0.3, 0.4) is 0 Å². The van der Waals surface area contributed by atoms with E-state index in [0.29, 0.717) is 6.04 Å². The van der Waals surface area contributed by atoms with E-state index in [1.54, 1.807) is 0 Å². The highest BCUT2D eigenvalue weighted by molar-refractivity contribution is 5.17. The van der Waals surface area contributed by atoms with E-state index < -0.39 is 0 Å². The minimum atomic E-state index is 0.441. The molecule has 1 aromatic carbocycles. The Morgan fingerprint density at radius 2 is 1.10 bits per heavy atom. The van der Waals surface area contributed by atoms with Crippen molar-refractivity contribution in [1.82, 2.24) is 0 Å². The van der Waals surface area contributed by atoms with Crippen molar-refractivity contribution < 1.29 is 4.57 Å². The van der Waals surface area contributed by atoms with E-state index in [4.69, 9.17) is 0 Å². The molecule has 1 atom stereocenters. The molecule has 1 heterocycles. The number of nitrogens with zero attached hydrogens (tertiary/aromatic N) is 1. The second-order valence-electron chi connectivity index (χ2n) is 8.98. The molecule has 0 radical (unpaired) electrons.